The van der Waals surface area contributed by atoms with Crippen LogP contribution in [0.25, 0.3) is 11.4 Å². The van der Waals surface area contributed by atoms with E-state index in [0.29, 0.717) is 13.2 Å². The maximum atomic E-state index is 5.68. The van der Waals surface area contributed by atoms with Crippen LogP contribution in [0, 0.1) is 0 Å². The third-order valence-electron chi connectivity index (χ3n) is 5.91. The van der Waals surface area contributed by atoms with Gasteiger partial charge < -0.3 is 14.4 Å². The molecule has 1 aromatic heterocycles. The lowest BCUT2D eigenvalue weighted by atomic mass is 9.77. The van der Waals surface area contributed by atoms with E-state index in [9.17, 15) is 0 Å². The Hall–Kier alpha value is -1.82. The Labute approximate surface area is 161 Å². The first-order valence-electron chi connectivity index (χ1n) is 10.0. The van der Waals surface area contributed by atoms with Crippen LogP contribution in [-0.2, 0) is 21.3 Å². The molecule has 2 aromatic rings. The minimum Gasteiger partial charge on any atom is -0.382 e. The molecule has 0 bridgehead atoms. The zero-order valence-electron chi connectivity index (χ0n) is 16.2. The van der Waals surface area contributed by atoms with Gasteiger partial charge in [-0.3, -0.25) is 0 Å². The largest absolute Gasteiger partial charge is 0.382 e. The molecule has 0 radical (unpaired) electrons. The number of hydrogen-bond donors (Lipinski definition) is 0. The summed E-state index contributed by atoms with van der Waals surface area (Å²) in [5.41, 5.74) is 3.92. The lowest BCUT2D eigenvalue weighted by Crippen LogP contribution is -2.46. The molecule has 1 aromatic carbocycles. The fraction of sp³-hybridized carbons (Fsp3) is 0.545. The van der Waals surface area contributed by atoms with Gasteiger partial charge in [-0.2, -0.15) is 0 Å². The molecule has 1 spiro atoms. The molecule has 1 aliphatic carbocycles. The van der Waals surface area contributed by atoms with Gasteiger partial charge in [-0.15, -0.1) is 0 Å². The van der Waals surface area contributed by atoms with Crippen LogP contribution in [0.2, 0.25) is 0 Å². The normalized spacial score (nSPS) is 22.3. The monoisotopic (exact) mass is 367 g/mol. The highest BCUT2D eigenvalue weighted by molar-refractivity contribution is 5.55. The van der Waals surface area contributed by atoms with Gasteiger partial charge in [0.25, 0.3) is 0 Å². The van der Waals surface area contributed by atoms with Crippen LogP contribution in [0.15, 0.2) is 36.5 Å². The van der Waals surface area contributed by atoms with Crippen molar-refractivity contribution in [2.24, 2.45) is 0 Å². The molecular formula is C22H29N3O2. The Morgan fingerprint density at radius 1 is 1.11 bits per heavy atom. The molecule has 0 N–H and O–H groups in total. The summed E-state index contributed by atoms with van der Waals surface area (Å²) in [5.74, 6) is 0.857. The van der Waals surface area contributed by atoms with Crippen molar-refractivity contribution in [1.82, 2.24) is 14.9 Å². The number of nitrogens with zero attached hydrogens (tertiary/aromatic N) is 3. The average Bonchev–Trinajstić information content (AvgIpc) is 3.06. The summed E-state index contributed by atoms with van der Waals surface area (Å²) in [4.78, 5) is 12.3. The SMILES string of the molecule is COCCOCCN1CCCC2(CCc3cnc(-c4ccccc4)nc32)C1. The second kappa shape index (κ2) is 8.46. The first kappa shape index (κ1) is 18.5. The zero-order chi connectivity index (χ0) is 18.5. The van der Waals surface area contributed by atoms with E-state index in [0.717, 1.165) is 44.0 Å². The molecule has 0 amide bonds. The summed E-state index contributed by atoms with van der Waals surface area (Å²) in [6.07, 6.45) is 6.81. The number of methoxy groups -OCH3 is 1. The number of piperidine rings is 1. The van der Waals surface area contributed by atoms with Gasteiger partial charge in [-0.05, 0) is 37.8 Å². The summed E-state index contributed by atoms with van der Waals surface area (Å²) in [5, 5.41) is 0. The molecule has 5 heteroatoms. The highest BCUT2D eigenvalue weighted by Crippen LogP contribution is 2.44. The standard InChI is InChI=1S/C22H29N3O2/c1-26-14-15-27-13-12-25-11-5-9-22(17-25)10-8-19-16-23-21(24-20(19)22)18-6-3-2-4-7-18/h2-4,6-7,16H,5,8-15,17H2,1H3. The number of fused-ring (bicyclic) bond motifs is 2. The fourth-order valence-corrected chi connectivity index (χ4v) is 4.52. The van der Waals surface area contributed by atoms with Gasteiger partial charge in [0, 0.05) is 37.4 Å². The molecule has 2 heterocycles. The number of hydrogen-bond acceptors (Lipinski definition) is 5. The summed E-state index contributed by atoms with van der Waals surface area (Å²) in [7, 11) is 1.71. The molecule has 1 unspecified atom stereocenters. The van der Waals surface area contributed by atoms with E-state index in [4.69, 9.17) is 14.5 Å². The lowest BCUT2D eigenvalue weighted by molar-refractivity contribution is 0.0454. The topological polar surface area (TPSA) is 47.5 Å². The van der Waals surface area contributed by atoms with E-state index in [-0.39, 0.29) is 5.41 Å². The number of benzene rings is 1. The van der Waals surface area contributed by atoms with Crippen molar-refractivity contribution in [1.29, 1.82) is 0 Å². The first-order chi connectivity index (χ1) is 13.3. The fourth-order valence-electron chi connectivity index (χ4n) is 4.52. The maximum Gasteiger partial charge on any atom is 0.159 e. The Balaban J connectivity index is 1.48. The van der Waals surface area contributed by atoms with Crippen molar-refractivity contribution in [2.75, 3.05) is 46.6 Å². The van der Waals surface area contributed by atoms with Crippen LogP contribution >= 0.6 is 0 Å². The molecule has 1 saturated heterocycles. The van der Waals surface area contributed by atoms with Gasteiger partial charge in [-0.25, -0.2) is 9.97 Å². The van der Waals surface area contributed by atoms with E-state index in [2.05, 4.69) is 28.2 Å². The van der Waals surface area contributed by atoms with Crippen molar-refractivity contribution in [3.05, 3.63) is 47.8 Å². The average molecular weight is 367 g/mol. The van der Waals surface area contributed by atoms with E-state index in [1.165, 1.54) is 30.5 Å². The molecule has 1 aliphatic heterocycles. The number of likely N-dealkylation sites (tertiary alicyclic amines) is 1. The van der Waals surface area contributed by atoms with Crippen molar-refractivity contribution in [3.63, 3.8) is 0 Å². The van der Waals surface area contributed by atoms with Crippen LogP contribution in [0.1, 0.15) is 30.5 Å². The molecule has 4 rings (SSSR count). The Morgan fingerprint density at radius 3 is 2.85 bits per heavy atom. The maximum absolute atomic E-state index is 5.68. The van der Waals surface area contributed by atoms with E-state index in [1.807, 2.05) is 18.2 Å². The second-order valence-electron chi connectivity index (χ2n) is 7.70. The van der Waals surface area contributed by atoms with Crippen molar-refractivity contribution in [3.8, 4) is 11.4 Å². The molecule has 2 aliphatic rings. The van der Waals surface area contributed by atoms with Gasteiger partial charge in [0.15, 0.2) is 5.82 Å². The zero-order valence-corrected chi connectivity index (χ0v) is 16.2. The van der Waals surface area contributed by atoms with Gasteiger partial charge >= 0.3 is 0 Å². The lowest BCUT2D eigenvalue weighted by Gasteiger charge is -2.40. The molecule has 27 heavy (non-hydrogen) atoms. The number of rotatable bonds is 7. The number of ether oxygens (including phenoxy) is 2. The summed E-state index contributed by atoms with van der Waals surface area (Å²) in [6, 6.07) is 10.3. The van der Waals surface area contributed by atoms with E-state index < -0.39 is 0 Å². The summed E-state index contributed by atoms with van der Waals surface area (Å²) in [6.45, 7) is 5.32. The Morgan fingerprint density at radius 2 is 2.00 bits per heavy atom. The van der Waals surface area contributed by atoms with Gasteiger partial charge in [0.2, 0.25) is 0 Å². The van der Waals surface area contributed by atoms with Crippen LogP contribution in [0.4, 0.5) is 0 Å². The third-order valence-corrected chi connectivity index (χ3v) is 5.91. The summed E-state index contributed by atoms with van der Waals surface area (Å²) >= 11 is 0. The quantitative estimate of drug-likeness (QED) is 0.704. The molecule has 0 saturated carbocycles. The Bertz CT molecular complexity index is 748. The minimum atomic E-state index is 0.187. The van der Waals surface area contributed by atoms with Gasteiger partial charge in [0.1, 0.15) is 0 Å². The Kier molecular flexibility index (Phi) is 5.81. The molecule has 5 nitrogen and oxygen atoms in total. The van der Waals surface area contributed by atoms with Crippen LogP contribution < -0.4 is 0 Å². The highest BCUT2D eigenvalue weighted by atomic mass is 16.5. The predicted molar refractivity (Wildman–Crippen MR) is 106 cm³/mol. The first-order valence-corrected chi connectivity index (χ1v) is 10.0. The van der Waals surface area contributed by atoms with Crippen molar-refractivity contribution >= 4 is 0 Å². The predicted octanol–water partition coefficient (Wildman–Crippen LogP) is 3.09. The van der Waals surface area contributed by atoms with Crippen LogP contribution in [0.3, 0.4) is 0 Å². The summed E-state index contributed by atoms with van der Waals surface area (Å²) < 4.78 is 10.7. The second-order valence-corrected chi connectivity index (χ2v) is 7.70. The van der Waals surface area contributed by atoms with Crippen LogP contribution in [-0.4, -0.2) is 61.4 Å². The van der Waals surface area contributed by atoms with Crippen LogP contribution in [0.5, 0.6) is 0 Å². The number of aryl methyl sites for hydroxylation is 1. The van der Waals surface area contributed by atoms with E-state index >= 15 is 0 Å². The number of aromatic nitrogens is 2. The third kappa shape index (κ3) is 4.05. The van der Waals surface area contributed by atoms with Crippen molar-refractivity contribution < 1.29 is 9.47 Å². The van der Waals surface area contributed by atoms with Gasteiger partial charge in [0.05, 0.1) is 25.5 Å². The molecular weight excluding hydrogens is 338 g/mol. The highest BCUT2D eigenvalue weighted by Gasteiger charge is 2.43. The molecule has 144 valence electrons. The molecule has 1 atom stereocenters. The molecule has 1 fully saturated rings. The van der Waals surface area contributed by atoms with Gasteiger partial charge in [-0.1, -0.05) is 30.3 Å². The minimum absolute atomic E-state index is 0.187. The smallest absolute Gasteiger partial charge is 0.159 e. The van der Waals surface area contributed by atoms with Crippen molar-refractivity contribution in [2.45, 2.75) is 31.1 Å². The van der Waals surface area contributed by atoms with E-state index in [1.54, 1.807) is 7.11 Å².